The van der Waals surface area contributed by atoms with E-state index in [4.69, 9.17) is 9.47 Å². The number of alkyl halides is 3. The Morgan fingerprint density at radius 1 is 0.977 bits per heavy atom. The zero-order valence-corrected chi connectivity index (χ0v) is 23.8. The minimum absolute atomic E-state index is 0.158. The van der Waals surface area contributed by atoms with Crippen LogP contribution in [0.2, 0.25) is 0 Å². The highest BCUT2D eigenvalue weighted by molar-refractivity contribution is 8.15. The molecule has 0 unspecified atom stereocenters. The van der Waals surface area contributed by atoms with Crippen LogP contribution in [0.25, 0.3) is 17.1 Å². The zero-order chi connectivity index (χ0) is 30.4. The molecule has 4 aromatic rings. The summed E-state index contributed by atoms with van der Waals surface area (Å²) in [5.74, 6) is 1.18. The molecular formula is C29H25F3N6O4S. The van der Waals surface area contributed by atoms with Crippen LogP contribution < -0.4 is 19.1 Å². The lowest BCUT2D eigenvalue weighted by Crippen LogP contribution is -2.30. The number of anilines is 1. The third-order valence-corrected chi connectivity index (χ3v) is 6.81. The standard InChI is InChI=1S/C29H25F3N6O4S/c1-3-40-23-6-5-7-24(41-4-2)26(23)38-25(39)17-43-28(38)35-34-16-19-8-10-20(11-9-19)27-33-18-37(36-27)21-12-14-22(15-13-21)42-29(30,31)32/h5-16,18H,3-4,17H2,1-2H3/b34-16+,35-28-. The Hall–Kier alpha value is -4.85. The summed E-state index contributed by atoms with van der Waals surface area (Å²) < 4.78 is 54.1. The van der Waals surface area contributed by atoms with E-state index in [2.05, 4.69) is 25.0 Å². The van der Waals surface area contributed by atoms with Gasteiger partial charge in [0.15, 0.2) is 11.0 Å². The van der Waals surface area contributed by atoms with Crippen molar-refractivity contribution in [3.05, 3.63) is 78.6 Å². The maximum absolute atomic E-state index is 12.9. The molecule has 43 heavy (non-hydrogen) atoms. The van der Waals surface area contributed by atoms with E-state index in [1.165, 1.54) is 51.9 Å². The molecular weight excluding hydrogens is 585 g/mol. The van der Waals surface area contributed by atoms with Crippen LogP contribution in [-0.4, -0.2) is 57.4 Å². The number of nitrogens with zero attached hydrogens (tertiary/aromatic N) is 6. The quantitative estimate of drug-likeness (QED) is 0.158. The molecule has 5 rings (SSSR count). The fourth-order valence-corrected chi connectivity index (χ4v) is 4.91. The third kappa shape index (κ3) is 7.15. The van der Waals surface area contributed by atoms with Gasteiger partial charge in [0.05, 0.1) is 30.9 Å². The van der Waals surface area contributed by atoms with E-state index < -0.39 is 6.36 Å². The molecule has 0 spiro atoms. The number of aromatic nitrogens is 3. The van der Waals surface area contributed by atoms with E-state index in [-0.39, 0.29) is 17.4 Å². The number of amidine groups is 1. The van der Waals surface area contributed by atoms with Crippen LogP contribution in [0.5, 0.6) is 17.2 Å². The Labute approximate surface area is 248 Å². The molecule has 1 fully saturated rings. The smallest absolute Gasteiger partial charge is 0.492 e. The maximum atomic E-state index is 12.9. The molecule has 0 atom stereocenters. The van der Waals surface area contributed by atoms with Gasteiger partial charge in [-0.2, -0.15) is 5.10 Å². The summed E-state index contributed by atoms with van der Waals surface area (Å²) in [6, 6.07) is 17.9. The first-order valence-electron chi connectivity index (χ1n) is 13.1. The van der Waals surface area contributed by atoms with Crippen LogP contribution in [0.1, 0.15) is 19.4 Å². The van der Waals surface area contributed by atoms with Gasteiger partial charge in [0.1, 0.15) is 29.3 Å². The zero-order valence-electron chi connectivity index (χ0n) is 23.0. The van der Waals surface area contributed by atoms with Crippen LogP contribution in [0.15, 0.2) is 83.3 Å². The summed E-state index contributed by atoms with van der Waals surface area (Å²) in [7, 11) is 0. The Morgan fingerprint density at radius 3 is 2.28 bits per heavy atom. The van der Waals surface area contributed by atoms with Crippen LogP contribution >= 0.6 is 11.8 Å². The van der Waals surface area contributed by atoms with E-state index >= 15 is 0 Å². The molecule has 2 heterocycles. The second-order valence-corrected chi connectivity index (χ2v) is 9.73. The van der Waals surface area contributed by atoms with Crippen LogP contribution in [0.4, 0.5) is 18.9 Å². The molecule has 1 aliphatic rings. The van der Waals surface area contributed by atoms with Gasteiger partial charge < -0.3 is 14.2 Å². The molecule has 3 aromatic carbocycles. The van der Waals surface area contributed by atoms with E-state index in [1.54, 1.807) is 36.5 Å². The molecule has 0 saturated carbocycles. The molecule has 0 radical (unpaired) electrons. The van der Waals surface area contributed by atoms with Crippen LogP contribution in [-0.2, 0) is 4.79 Å². The second kappa shape index (κ2) is 13.0. The Bertz CT molecular complexity index is 1620. The summed E-state index contributed by atoms with van der Waals surface area (Å²) in [4.78, 5) is 18.6. The monoisotopic (exact) mass is 610 g/mol. The van der Waals surface area contributed by atoms with E-state index in [9.17, 15) is 18.0 Å². The topological polar surface area (TPSA) is 103 Å². The number of hydrogen-bond donors (Lipinski definition) is 0. The fourth-order valence-electron chi connectivity index (χ4n) is 4.11. The molecule has 222 valence electrons. The number of amides is 1. The maximum Gasteiger partial charge on any atom is 0.573 e. The van der Waals surface area contributed by atoms with Crippen molar-refractivity contribution >= 4 is 34.7 Å². The first-order chi connectivity index (χ1) is 20.8. The third-order valence-electron chi connectivity index (χ3n) is 5.90. The van der Waals surface area contributed by atoms with Crippen molar-refractivity contribution in [2.24, 2.45) is 10.2 Å². The molecule has 1 aliphatic heterocycles. The number of para-hydroxylation sites is 1. The number of carbonyl (C=O) groups is 1. The van der Waals surface area contributed by atoms with Gasteiger partial charge in [-0.3, -0.25) is 4.79 Å². The van der Waals surface area contributed by atoms with Gasteiger partial charge in [-0.05, 0) is 55.8 Å². The number of thioether (sulfide) groups is 1. The Morgan fingerprint density at radius 2 is 1.65 bits per heavy atom. The average Bonchev–Trinajstić information content (AvgIpc) is 3.61. The number of hydrogen-bond acceptors (Lipinski definition) is 9. The molecule has 0 bridgehead atoms. The van der Waals surface area contributed by atoms with Crippen molar-refractivity contribution in [1.29, 1.82) is 0 Å². The molecule has 14 heteroatoms. The van der Waals surface area contributed by atoms with Crippen LogP contribution in [0.3, 0.4) is 0 Å². The van der Waals surface area contributed by atoms with Crippen molar-refractivity contribution in [3.63, 3.8) is 0 Å². The number of rotatable bonds is 10. The van der Waals surface area contributed by atoms with Crippen molar-refractivity contribution in [2.75, 3.05) is 23.9 Å². The van der Waals surface area contributed by atoms with Crippen molar-refractivity contribution in [1.82, 2.24) is 14.8 Å². The Balaban J connectivity index is 1.30. The molecule has 1 aromatic heterocycles. The van der Waals surface area contributed by atoms with Gasteiger partial charge in [0.25, 0.3) is 0 Å². The highest BCUT2D eigenvalue weighted by Gasteiger charge is 2.34. The summed E-state index contributed by atoms with van der Waals surface area (Å²) in [5.41, 5.74) is 2.49. The molecule has 0 aliphatic carbocycles. The van der Waals surface area contributed by atoms with E-state index in [0.29, 0.717) is 47.1 Å². The molecule has 1 amide bonds. The first-order valence-corrected chi connectivity index (χ1v) is 14.1. The SMILES string of the molecule is CCOc1cccc(OCC)c1N1C(=O)CS/C1=N\N=C\c1ccc(-c2ncn(-c3ccc(OC(F)(F)F)cc3)n2)cc1. The Kier molecular flexibility index (Phi) is 8.95. The summed E-state index contributed by atoms with van der Waals surface area (Å²) >= 11 is 1.27. The molecule has 10 nitrogen and oxygen atoms in total. The summed E-state index contributed by atoms with van der Waals surface area (Å²) in [6.45, 7) is 4.57. The fraction of sp³-hybridized carbons (Fsp3) is 0.207. The minimum atomic E-state index is -4.76. The summed E-state index contributed by atoms with van der Waals surface area (Å²) in [5, 5.41) is 13.3. The highest BCUT2D eigenvalue weighted by Crippen LogP contribution is 2.41. The largest absolute Gasteiger partial charge is 0.573 e. The number of benzene rings is 3. The predicted octanol–water partition coefficient (Wildman–Crippen LogP) is 6.10. The van der Waals surface area contributed by atoms with Gasteiger partial charge in [-0.25, -0.2) is 14.6 Å². The lowest BCUT2D eigenvalue weighted by Gasteiger charge is -2.22. The van der Waals surface area contributed by atoms with Gasteiger partial charge in [-0.15, -0.1) is 23.4 Å². The van der Waals surface area contributed by atoms with E-state index in [0.717, 1.165) is 11.1 Å². The molecule has 1 saturated heterocycles. The average molecular weight is 611 g/mol. The van der Waals surface area contributed by atoms with Crippen molar-refractivity contribution in [3.8, 4) is 34.3 Å². The van der Waals surface area contributed by atoms with Gasteiger partial charge in [0, 0.05) is 5.56 Å². The van der Waals surface area contributed by atoms with Gasteiger partial charge >= 0.3 is 6.36 Å². The number of ether oxygens (including phenoxy) is 3. The highest BCUT2D eigenvalue weighted by atomic mass is 32.2. The predicted molar refractivity (Wildman–Crippen MR) is 157 cm³/mol. The minimum Gasteiger partial charge on any atom is -0.492 e. The number of carbonyl (C=O) groups excluding carboxylic acids is 1. The normalized spacial score (nSPS) is 14.6. The van der Waals surface area contributed by atoms with Crippen molar-refractivity contribution < 1.29 is 32.2 Å². The molecule has 0 N–H and O–H groups in total. The second-order valence-electron chi connectivity index (χ2n) is 8.79. The lowest BCUT2D eigenvalue weighted by molar-refractivity contribution is -0.274. The van der Waals surface area contributed by atoms with Gasteiger partial charge in [0.2, 0.25) is 5.91 Å². The summed E-state index contributed by atoms with van der Waals surface area (Å²) in [6.07, 6.45) is -1.73. The lowest BCUT2D eigenvalue weighted by atomic mass is 10.1. The van der Waals surface area contributed by atoms with Gasteiger partial charge in [-0.1, -0.05) is 42.1 Å². The van der Waals surface area contributed by atoms with Crippen molar-refractivity contribution in [2.45, 2.75) is 20.2 Å². The van der Waals surface area contributed by atoms with Crippen LogP contribution in [0, 0.1) is 0 Å². The first kappa shape index (κ1) is 29.6. The van der Waals surface area contributed by atoms with E-state index in [1.807, 2.05) is 26.0 Å². The number of halogens is 3.